The Morgan fingerprint density at radius 2 is 2.25 bits per heavy atom. The summed E-state index contributed by atoms with van der Waals surface area (Å²) in [5.74, 6) is 0.414. The molecule has 0 aromatic rings. The van der Waals surface area contributed by atoms with Crippen molar-refractivity contribution in [2.24, 2.45) is 0 Å². The lowest BCUT2D eigenvalue weighted by molar-refractivity contribution is -0.142. The maximum absolute atomic E-state index is 12.0. The van der Waals surface area contributed by atoms with Crippen molar-refractivity contribution in [3.63, 3.8) is 0 Å². The van der Waals surface area contributed by atoms with Crippen LogP contribution in [0.15, 0.2) is 22.4 Å². The molecule has 0 aliphatic carbocycles. The summed E-state index contributed by atoms with van der Waals surface area (Å²) in [6, 6.07) is 0. The minimum atomic E-state index is -0.232. The lowest BCUT2D eigenvalue weighted by Gasteiger charge is -2.14. The molecule has 2 aliphatic heterocycles. The van der Waals surface area contributed by atoms with Crippen LogP contribution in [0.4, 0.5) is 0 Å². The van der Waals surface area contributed by atoms with E-state index in [1.54, 1.807) is 17.8 Å². The van der Waals surface area contributed by atoms with Crippen LogP contribution in [0.25, 0.3) is 0 Å². The third-order valence-electron chi connectivity index (χ3n) is 3.03. The van der Waals surface area contributed by atoms with Crippen molar-refractivity contribution in [3.05, 3.63) is 22.4 Å². The molecule has 0 atom stereocenters. The fourth-order valence-electron chi connectivity index (χ4n) is 2.23. The van der Waals surface area contributed by atoms with Gasteiger partial charge in [0.15, 0.2) is 0 Å². The van der Waals surface area contributed by atoms with Crippen LogP contribution in [-0.2, 0) is 14.3 Å². The van der Waals surface area contributed by atoms with E-state index in [4.69, 9.17) is 4.74 Å². The highest BCUT2D eigenvalue weighted by Gasteiger charge is 2.35. The molecule has 1 amide bonds. The van der Waals surface area contributed by atoms with Gasteiger partial charge in [-0.3, -0.25) is 4.79 Å². The van der Waals surface area contributed by atoms with Crippen LogP contribution >= 0.6 is 11.8 Å². The molecule has 0 spiro atoms. The Bertz CT molecular complexity index is 483. The monoisotopic (exact) mass is 296 g/mol. The van der Waals surface area contributed by atoms with Gasteiger partial charge in [0, 0.05) is 37.0 Å². The van der Waals surface area contributed by atoms with Crippen LogP contribution < -0.4 is 5.32 Å². The van der Waals surface area contributed by atoms with E-state index in [1.165, 1.54) is 0 Å². The quantitative estimate of drug-likeness (QED) is 0.631. The highest BCUT2D eigenvalue weighted by atomic mass is 32.2. The predicted molar refractivity (Wildman–Crippen MR) is 78.8 cm³/mol. The summed E-state index contributed by atoms with van der Waals surface area (Å²) < 4.78 is 5.26. The number of hydrogen-bond donors (Lipinski definition) is 1. The zero-order chi connectivity index (χ0) is 14.7. The van der Waals surface area contributed by atoms with E-state index < -0.39 is 0 Å². The molecule has 2 rings (SSSR count). The van der Waals surface area contributed by atoms with E-state index in [-0.39, 0.29) is 18.0 Å². The summed E-state index contributed by atoms with van der Waals surface area (Å²) in [4.78, 5) is 25.7. The van der Waals surface area contributed by atoms with E-state index in [0.29, 0.717) is 13.0 Å². The standard InChI is InChI=1S/C14H20N2O3S/c1-4-15-12(17)7-10-8-20-13-11(5-6-16(10)13)14(18)19-9(2)3/h7,9H,4-6,8H2,1-3H3,(H,15,17)/b10-7+. The van der Waals surface area contributed by atoms with Crippen molar-refractivity contribution < 1.29 is 14.3 Å². The van der Waals surface area contributed by atoms with Crippen LogP contribution in [0.1, 0.15) is 27.2 Å². The Morgan fingerprint density at radius 3 is 2.90 bits per heavy atom. The summed E-state index contributed by atoms with van der Waals surface area (Å²) >= 11 is 1.60. The van der Waals surface area contributed by atoms with Gasteiger partial charge in [0.05, 0.1) is 16.7 Å². The molecule has 2 aliphatic rings. The first-order chi connectivity index (χ1) is 9.52. The van der Waals surface area contributed by atoms with E-state index in [0.717, 1.165) is 28.6 Å². The van der Waals surface area contributed by atoms with Gasteiger partial charge in [0.2, 0.25) is 5.91 Å². The molecule has 1 saturated heterocycles. The lowest BCUT2D eigenvalue weighted by Crippen LogP contribution is -2.23. The largest absolute Gasteiger partial charge is 0.460 e. The number of likely N-dealkylation sites (N-methyl/N-ethyl adjacent to an activating group) is 1. The second-order valence-electron chi connectivity index (χ2n) is 4.96. The van der Waals surface area contributed by atoms with Crippen LogP contribution in [-0.4, -0.2) is 41.7 Å². The third kappa shape index (κ3) is 3.17. The van der Waals surface area contributed by atoms with Gasteiger partial charge in [-0.25, -0.2) is 4.79 Å². The van der Waals surface area contributed by atoms with Crippen molar-refractivity contribution in [2.75, 3.05) is 18.8 Å². The van der Waals surface area contributed by atoms with E-state index in [9.17, 15) is 9.59 Å². The molecule has 0 radical (unpaired) electrons. The molecule has 6 heteroatoms. The molecule has 20 heavy (non-hydrogen) atoms. The Labute approximate surface area is 123 Å². The SMILES string of the molecule is CCNC(=O)/C=C1\CSC2=C(C(=O)OC(C)C)CCN21. The number of carbonyl (C=O) groups excluding carboxylic acids is 2. The fraction of sp³-hybridized carbons (Fsp3) is 0.571. The average molecular weight is 296 g/mol. The van der Waals surface area contributed by atoms with Gasteiger partial charge in [0.25, 0.3) is 0 Å². The lowest BCUT2D eigenvalue weighted by atomic mass is 10.2. The van der Waals surface area contributed by atoms with E-state index in [1.807, 2.05) is 20.8 Å². The van der Waals surface area contributed by atoms with Crippen LogP contribution in [0.3, 0.4) is 0 Å². The van der Waals surface area contributed by atoms with Gasteiger partial charge in [-0.05, 0) is 20.8 Å². The predicted octanol–water partition coefficient (Wildman–Crippen LogP) is 1.62. The van der Waals surface area contributed by atoms with Crippen LogP contribution in [0.5, 0.6) is 0 Å². The number of nitrogens with zero attached hydrogens (tertiary/aromatic N) is 1. The summed E-state index contributed by atoms with van der Waals surface area (Å²) in [5, 5.41) is 3.70. The molecule has 5 nitrogen and oxygen atoms in total. The fourth-order valence-corrected chi connectivity index (χ4v) is 3.47. The maximum Gasteiger partial charge on any atom is 0.336 e. The van der Waals surface area contributed by atoms with E-state index >= 15 is 0 Å². The van der Waals surface area contributed by atoms with Gasteiger partial charge < -0.3 is 15.0 Å². The van der Waals surface area contributed by atoms with Gasteiger partial charge in [-0.2, -0.15) is 0 Å². The molecule has 0 bridgehead atoms. The molecule has 0 saturated carbocycles. The van der Waals surface area contributed by atoms with E-state index in [2.05, 4.69) is 10.2 Å². The normalized spacial score (nSPS) is 19.8. The molecular weight excluding hydrogens is 276 g/mol. The van der Waals surface area contributed by atoms with Crippen molar-refractivity contribution in [2.45, 2.75) is 33.3 Å². The number of thioether (sulfide) groups is 1. The Balaban J connectivity index is 2.12. The summed E-state index contributed by atoms with van der Waals surface area (Å²) in [5.41, 5.74) is 1.70. The minimum Gasteiger partial charge on any atom is -0.460 e. The van der Waals surface area contributed by atoms with Crippen molar-refractivity contribution in [3.8, 4) is 0 Å². The Morgan fingerprint density at radius 1 is 1.50 bits per heavy atom. The topological polar surface area (TPSA) is 58.6 Å². The first kappa shape index (κ1) is 15.0. The van der Waals surface area contributed by atoms with Gasteiger partial charge in [0.1, 0.15) is 0 Å². The number of amides is 1. The van der Waals surface area contributed by atoms with Crippen molar-refractivity contribution in [1.82, 2.24) is 10.2 Å². The number of fused-ring (bicyclic) bond motifs is 1. The number of hydrogen-bond acceptors (Lipinski definition) is 5. The second kappa shape index (κ2) is 6.35. The van der Waals surface area contributed by atoms with Crippen LogP contribution in [0.2, 0.25) is 0 Å². The summed E-state index contributed by atoms with van der Waals surface area (Å²) in [6.45, 7) is 6.94. The highest BCUT2D eigenvalue weighted by molar-refractivity contribution is 8.03. The zero-order valence-corrected chi connectivity index (χ0v) is 12.9. The number of nitrogens with one attached hydrogen (secondary N) is 1. The Kier molecular flexibility index (Phi) is 4.75. The molecule has 0 aromatic heterocycles. The Hall–Kier alpha value is -1.43. The molecular formula is C14H20N2O3S. The highest BCUT2D eigenvalue weighted by Crippen LogP contribution is 2.42. The second-order valence-corrected chi connectivity index (χ2v) is 5.92. The summed E-state index contributed by atoms with van der Waals surface area (Å²) in [7, 11) is 0. The number of esters is 1. The smallest absolute Gasteiger partial charge is 0.336 e. The molecule has 0 aromatic carbocycles. The van der Waals surface area contributed by atoms with Crippen molar-refractivity contribution >= 4 is 23.6 Å². The van der Waals surface area contributed by atoms with Crippen molar-refractivity contribution in [1.29, 1.82) is 0 Å². The number of rotatable bonds is 4. The first-order valence-corrected chi connectivity index (χ1v) is 7.84. The first-order valence-electron chi connectivity index (χ1n) is 6.85. The van der Waals surface area contributed by atoms with Crippen LogP contribution in [0, 0.1) is 0 Å². The molecule has 1 N–H and O–H groups in total. The molecule has 1 fully saturated rings. The molecule has 2 heterocycles. The molecule has 0 unspecified atom stereocenters. The number of carbonyl (C=O) groups is 2. The zero-order valence-electron chi connectivity index (χ0n) is 12.1. The number of ether oxygens (including phenoxy) is 1. The average Bonchev–Trinajstić information content (AvgIpc) is 2.91. The third-order valence-corrected chi connectivity index (χ3v) is 4.21. The van der Waals surface area contributed by atoms with Gasteiger partial charge >= 0.3 is 5.97 Å². The van der Waals surface area contributed by atoms with Gasteiger partial charge in [-0.1, -0.05) is 0 Å². The molecule has 110 valence electrons. The maximum atomic E-state index is 12.0. The summed E-state index contributed by atoms with van der Waals surface area (Å²) in [6.07, 6.45) is 2.20. The van der Waals surface area contributed by atoms with Gasteiger partial charge in [-0.15, -0.1) is 11.8 Å². The minimum absolute atomic E-state index is 0.0810.